The quantitative estimate of drug-likeness (QED) is 0.764. The summed E-state index contributed by atoms with van der Waals surface area (Å²) >= 11 is 0. The normalized spacial score (nSPS) is 15.6. The second-order valence-corrected chi connectivity index (χ2v) is 5.71. The van der Waals surface area contributed by atoms with Crippen molar-refractivity contribution in [2.75, 3.05) is 6.61 Å². The predicted octanol–water partition coefficient (Wildman–Crippen LogP) is 3.41. The van der Waals surface area contributed by atoms with Crippen molar-refractivity contribution in [3.8, 4) is 0 Å². The molecule has 1 N–H and O–H groups in total. The van der Waals surface area contributed by atoms with Gasteiger partial charge in [0.1, 0.15) is 12.2 Å². The molecule has 0 atom stereocenters. The van der Waals surface area contributed by atoms with Crippen LogP contribution in [0.3, 0.4) is 0 Å². The number of hydrogen-bond acceptors (Lipinski definition) is 3. The molecule has 0 aromatic carbocycles. The minimum Gasteiger partial charge on any atom is -0.387 e. The van der Waals surface area contributed by atoms with Gasteiger partial charge in [-0.25, -0.2) is 0 Å². The van der Waals surface area contributed by atoms with Crippen molar-refractivity contribution >= 4 is 0 Å². The Kier molecular flexibility index (Phi) is 5.20. The summed E-state index contributed by atoms with van der Waals surface area (Å²) in [5, 5.41) is 8.27. The summed E-state index contributed by atoms with van der Waals surface area (Å²) < 4.78 is 87.8. The summed E-state index contributed by atoms with van der Waals surface area (Å²) in [4.78, 5) is 0. The Morgan fingerprint density at radius 2 is 1.20 bits per heavy atom. The Morgan fingerprint density at radius 3 is 1.50 bits per heavy atom. The molecule has 0 saturated heterocycles. The Balaban J connectivity index is 5.38. The zero-order valence-electron chi connectivity index (χ0n) is 11.7. The standard InChI is InChI=1S/C11H18F6O3/c1-7(2,3)19-11(16,17)10(14,15)8(4,5)20-9(12,13)6-18/h18H,6H2,1-5H3. The van der Waals surface area contributed by atoms with Crippen molar-refractivity contribution in [2.24, 2.45) is 0 Å². The van der Waals surface area contributed by atoms with E-state index in [0.717, 1.165) is 20.8 Å². The number of ether oxygens (including phenoxy) is 2. The van der Waals surface area contributed by atoms with Crippen LogP contribution in [0.2, 0.25) is 0 Å². The zero-order chi connectivity index (χ0) is 16.6. The molecule has 3 nitrogen and oxygen atoms in total. The molecule has 0 amide bonds. The van der Waals surface area contributed by atoms with Crippen molar-refractivity contribution in [3.05, 3.63) is 0 Å². The smallest absolute Gasteiger partial charge is 0.387 e. The highest BCUT2D eigenvalue weighted by Gasteiger charge is 2.70. The number of alkyl halides is 6. The second-order valence-electron chi connectivity index (χ2n) is 5.71. The van der Waals surface area contributed by atoms with Gasteiger partial charge in [0.2, 0.25) is 0 Å². The lowest BCUT2D eigenvalue weighted by atomic mass is 9.98. The lowest BCUT2D eigenvalue weighted by molar-refractivity contribution is -0.433. The minimum atomic E-state index is -5.06. The summed E-state index contributed by atoms with van der Waals surface area (Å²) in [6.07, 6.45) is -9.43. The van der Waals surface area contributed by atoms with Crippen molar-refractivity contribution in [2.45, 2.75) is 64.0 Å². The number of aliphatic hydroxyl groups excluding tert-OH is 1. The maximum absolute atomic E-state index is 13.8. The third-order valence-corrected chi connectivity index (χ3v) is 2.14. The molecule has 0 rings (SSSR count). The molecule has 0 unspecified atom stereocenters. The van der Waals surface area contributed by atoms with Gasteiger partial charge in [-0.1, -0.05) is 0 Å². The fourth-order valence-corrected chi connectivity index (χ4v) is 1.27. The molecular formula is C11H18F6O3. The fraction of sp³-hybridized carbons (Fsp3) is 1.00. The molecule has 0 aromatic rings. The van der Waals surface area contributed by atoms with E-state index in [-0.39, 0.29) is 0 Å². The number of hydrogen-bond donors (Lipinski definition) is 1. The average molecular weight is 312 g/mol. The summed E-state index contributed by atoms with van der Waals surface area (Å²) in [5.41, 5.74) is -4.92. The van der Waals surface area contributed by atoms with Gasteiger partial charge in [0, 0.05) is 0 Å². The van der Waals surface area contributed by atoms with Crippen LogP contribution in [0.5, 0.6) is 0 Å². The molecule has 122 valence electrons. The van der Waals surface area contributed by atoms with Gasteiger partial charge in [-0.2, -0.15) is 26.3 Å². The topological polar surface area (TPSA) is 38.7 Å². The molecule has 0 aromatic heterocycles. The van der Waals surface area contributed by atoms with Crippen LogP contribution in [0.15, 0.2) is 0 Å². The molecular weight excluding hydrogens is 294 g/mol. The van der Waals surface area contributed by atoms with E-state index in [9.17, 15) is 26.3 Å². The van der Waals surface area contributed by atoms with Crippen LogP contribution in [-0.4, -0.2) is 41.1 Å². The summed E-state index contributed by atoms with van der Waals surface area (Å²) in [6, 6.07) is 0. The lowest BCUT2D eigenvalue weighted by Gasteiger charge is -2.41. The van der Waals surface area contributed by atoms with Crippen LogP contribution in [0, 0.1) is 0 Å². The molecule has 0 aliphatic rings. The van der Waals surface area contributed by atoms with Crippen molar-refractivity contribution < 1.29 is 40.9 Å². The van der Waals surface area contributed by atoms with E-state index in [1.807, 2.05) is 0 Å². The second kappa shape index (κ2) is 5.34. The summed E-state index contributed by atoms with van der Waals surface area (Å²) in [7, 11) is 0. The molecule has 0 fully saturated rings. The lowest BCUT2D eigenvalue weighted by Crippen LogP contribution is -2.61. The SMILES string of the molecule is CC(C)(C)OC(F)(F)C(F)(F)C(C)(C)OC(F)(F)CO. The summed E-state index contributed by atoms with van der Waals surface area (Å²) in [5.74, 6) is -5.06. The molecule has 0 spiro atoms. The van der Waals surface area contributed by atoms with Crippen LogP contribution < -0.4 is 0 Å². The highest BCUT2D eigenvalue weighted by molar-refractivity contribution is 4.95. The first-order valence-electron chi connectivity index (χ1n) is 5.62. The molecule has 0 radical (unpaired) electrons. The minimum absolute atomic E-state index is 0.358. The first-order valence-corrected chi connectivity index (χ1v) is 5.62. The fourth-order valence-electron chi connectivity index (χ4n) is 1.27. The zero-order valence-corrected chi connectivity index (χ0v) is 11.7. The van der Waals surface area contributed by atoms with Crippen molar-refractivity contribution in [1.82, 2.24) is 0 Å². The number of halogens is 6. The van der Waals surface area contributed by atoms with Crippen LogP contribution >= 0.6 is 0 Å². The van der Waals surface area contributed by atoms with Gasteiger partial charge in [0.15, 0.2) is 0 Å². The van der Waals surface area contributed by atoms with Gasteiger partial charge in [-0.3, -0.25) is 0 Å². The van der Waals surface area contributed by atoms with Crippen LogP contribution in [-0.2, 0) is 9.47 Å². The molecule has 9 heteroatoms. The van der Waals surface area contributed by atoms with Crippen LogP contribution in [0.4, 0.5) is 26.3 Å². The van der Waals surface area contributed by atoms with E-state index in [2.05, 4.69) is 9.47 Å². The molecule has 0 aliphatic heterocycles. The third kappa shape index (κ3) is 4.49. The van der Waals surface area contributed by atoms with E-state index >= 15 is 0 Å². The average Bonchev–Trinajstić information content (AvgIpc) is 2.11. The molecule has 0 heterocycles. The first kappa shape index (κ1) is 19.5. The highest BCUT2D eigenvalue weighted by Crippen LogP contribution is 2.48. The monoisotopic (exact) mass is 312 g/mol. The molecule has 0 aliphatic carbocycles. The van der Waals surface area contributed by atoms with Gasteiger partial charge >= 0.3 is 18.1 Å². The molecule has 0 saturated carbocycles. The van der Waals surface area contributed by atoms with Crippen LogP contribution in [0.25, 0.3) is 0 Å². The van der Waals surface area contributed by atoms with Gasteiger partial charge in [-0.15, -0.1) is 0 Å². The molecule has 20 heavy (non-hydrogen) atoms. The van der Waals surface area contributed by atoms with Crippen molar-refractivity contribution in [1.29, 1.82) is 0 Å². The Morgan fingerprint density at radius 1 is 0.800 bits per heavy atom. The van der Waals surface area contributed by atoms with Gasteiger partial charge in [-0.05, 0) is 34.6 Å². The maximum atomic E-state index is 13.8. The third-order valence-electron chi connectivity index (χ3n) is 2.14. The highest BCUT2D eigenvalue weighted by atomic mass is 19.3. The summed E-state index contributed by atoms with van der Waals surface area (Å²) in [6.45, 7) is 2.11. The van der Waals surface area contributed by atoms with E-state index < -0.39 is 35.9 Å². The van der Waals surface area contributed by atoms with E-state index in [4.69, 9.17) is 5.11 Å². The Labute approximate surface area is 112 Å². The maximum Gasteiger partial charge on any atom is 0.422 e. The first-order chi connectivity index (χ1) is 8.47. The Bertz CT molecular complexity index is 336. The van der Waals surface area contributed by atoms with Gasteiger partial charge in [0.25, 0.3) is 0 Å². The van der Waals surface area contributed by atoms with E-state index in [1.165, 1.54) is 0 Å². The number of rotatable bonds is 6. The largest absolute Gasteiger partial charge is 0.422 e. The van der Waals surface area contributed by atoms with Crippen molar-refractivity contribution in [3.63, 3.8) is 0 Å². The van der Waals surface area contributed by atoms with E-state index in [0.29, 0.717) is 13.8 Å². The number of aliphatic hydroxyl groups is 1. The molecule has 0 bridgehead atoms. The van der Waals surface area contributed by atoms with E-state index in [1.54, 1.807) is 0 Å². The Hall–Kier alpha value is -0.540. The van der Waals surface area contributed by atoms with Gasteiger partial charge in [0.05, 0.1) is 5.60 Å². The van der Waals surface area contributed by atoms with Crippen LogP contribution in [0.1, 0.15) is 34.6 Å². The van der Waals surface area contributed by atoms with Gasteiger partial charge < -0.3 is 14.6 Å². The predicted molar refractivity (Wildman–Crippen MR) is 57.9 cm³/mol.